The summed E-state index contributed by atoms with van der Waals surface area (Å²) < 4.78 is 6.00. The standard InChI is InChI=1S/C16H17BO/c1-3-12(2)17-13-8-4-6-10-15(13)18-16-11-7-5-9-14(16)17/h4-12H,3H2,1-2H3. The Kier molecular flexibility index (Phi) is 2.87. The fourth-order valence-electron chi connectivity index (χ4n) is 2.80. The van der Waals surface area contributed by atoms with Crippen molar-refractivity contribution in [1.82, 2.24) is 0 Å². The molecule has 1 aliphatic rings. The lowest BCUT2D eigenvalue weighted by Gasteiger charge is -2.29. The van der Waals surface area contributed by atoms with Crippen LogP contribution in [-0.4, -0.2) is 6.71 Å². The number of hydrogen-bond acceptors (Lipinski definition) is 1. The van der Waals surface area contributed by atoms with E-state index in [1.165, 1.54) is 17.3 Å². The normalized spacial score (nSPS) is 14.4. The van der Waals surface area contributed by atoms with E-state index in [1.807, 2.05) is 12.1 Å². The highest BCUT2D eigenvalue weighted by Gasteiger charge is 2.33. The number of para-hydroxylation sites is 2. The average Bonchev–Trinajstić information content (AvgIpc) is 2.44. The Bertz CT molecular complexity index is 519. The molecule has 90 valence electrons. The molecule has 2 aromatic rings. The second-order valence-electron chi connectivity index (χ2n) is 5.04. The molecule has 1 heterocycles. The average molecular weight is 236 g/mol. The van der Waals surface area contributed by atoms with E-state index in [2.05, 4.69) is 50.2 Å². The third-order valence-corrected chi connectivity index (χ3v) is 3.94. The zero-order valence-corrected chi connectivity index (χ0v) is 10.9. The first-order valence-electron chi connectivity index (χ1n) is 6.67. The van der Waals surface area contributed by atoms with Crippen LogP contribution < -0.4 is 15.7 Å². The van der Waals surface area contributed by atoms with Gasteiger partial charge < -0.3 is 4.74 Å². The summed E-state index contributed by atoms with van der Waals surface area (Å²) in [4.78, 5) is 0. The molecule has 2 heteroatoms. The zero-order chi connectivity index (χ0) is 12.5. The van der Waals surface area contributed by atoms with Gasteiger partial charge in [-0.2, -0.15) is 0 Å². The summed E-state index contributed by atoms with van der Waals surface area (Å²) in [5, 5.41) is 0. The van der Waals surface area contributed by atoms with E-state index >= 15 is 0 Å². The third-order valence-electron chi connectivity index (χ3n) is 3.94. The number of ether oxygens (including phenoxy) is 1. The first-order chi connectivity index (χ1) is 8.81. The molecular weight excluding hydrogens is 219 g/mol. The molecule has 0 fully saturated rings. The molecule has 0 N–H and O–H groups in total. The summed E-state index contributed by atoms with van der Waals surface area (Å²) in [6.45, 7) is 5.03. The van der Waals surface area contributed by atoms with Crippen LogP contribution in [0.5, 0.6) is 11.5 Å². The topological polar surface area (TPSA) is 9.23 Å². The Hall–Kier alpha value is -1.70. The minimum absolute atomic E-state index is 0.455. The lowest BCUT2D eigenvalue weighted by Crippen LogP contribution is -2.48. The zero-order valence-electron chi connectivity index (χ0n) is 10.9. The maximum atomic E-state index is 6.00. The molecular formula is C16H17BO. The van der Waals surface area contributed by atoms with Gasteiger partial charge in [-0.15, -0.1) is 0 Å². The summed E-state index contributed by atoms with van der Waals surface area (Å²) in [6, 6.07) is 16.8. The molecule has 0 saturated heterocycles. The molecule has 0 aliphatic carbocycles. The van der Waals surface area contributed by atoms with Crippen molar-refractivity contribution in [1.29, 1.82) is 0 Å². The van der Waals surface area contributed by atoms with Gasteiger partial charge in [0.25, 0.3) is 0 Å². The first-order valence-corrected chi connectivity index (χ1v) is 6.67. The van der Waals surface area contributed by atoms with Gasteiger partial charge >= 0.3 is 0 Å². The molecule has 18 heavy (non-hydrogen) atoms. The van der Waals surface area contributed by atoms with Crippen molar-refractivity contribution >= 4 is 17.6 Å². The van der Waals surface area contributed by atoms with Gasteiger partial charge in [0.05, 0.1) is 0 Å². The fourth-order valence-corrected chi connectivity index (χ4v) is 2.80. The predicted molar refractivity (Wildman–Crippen MR) is 77.7 cm³/mol. The van der Waals surface area contributed by atoms with E-state index in [1.54, 1.807) is 0 Å². The van der Waals surface area contributed by atoms with Gasteiger partial charge in [-0.3, -0.25) is 0 Å². The Morgan fingerprint density at radius 2 is 1.44 bits per heavy atom. The monoisotopic (exact) mass is 236 g/mol. The summed E-state index contributed by atoms with van der Waals surface area (Å²) in [5.41, 5.74) is 2.65. The lowest BCUT2D eigenvalue weighted by molar-refractivity contribution is 0.486. The Morgan fingerprint density at radius 1 is 0.944 bits per heavy atom. The molecule has 3 rings (SSSR count). The number of fused-ring (bicyclic) bond motifs is 2. The minimum atomic E-state index is 0.455. The molecule has 0 aromatic heterocycles. The van der Waals surface area contributed by atoms with Gasteiger partial charge in [0.15, 0.2) is 0 Å². The Balaban J connectivity index is 2.17. The van der Waals surface area contributed by atoms with Gasteiger partial charge in [-0.25, -0.2) is 0 Å². The Labute approximate surface area is 109 Å². The van der Waals surface area contributed by atoms with Gasteiger partial charge in [-0.1, -0.05) is 62.5 Å². The number of hydrogen-bond donors (Lipinski definition) is 0. The summed E-state index contributed by atoms with van der Waals surface area (Å²) in [5.74, 6) is 2.65. The van der Waals surface area contributed by atoms with Crippen LogP contribution in [0.4, 0.5) is 0 Å². The van der Waals surface area contributed by atoms with Gasteiger partial charge in [0, 0.05) is 0 Å². The summed E-state index contributed by atoms with van der Waals surface area (Å²) in [6.07, 6.45) is 1.17. The van der Waals surface area contributed by atoms with Crippen LogP contribution in [0, 0.1) is 0 Å². The Morgan fingerprint density at radius 3 is 1.94 bits per heavy atom. The third kappa shape index (κ3) is 1.73. The number of rotatable bonds is 2. The highest BCUT2D eigenvalue weighted by atomic mass is 16.5. The van der Waals surface area contributed by atoms with E-state index in [0.29, 0.717) is 12.5 Å². The quantitative estimate of drug-likeness (QED) is 0.727. The smallest absolute Gasteiger partial charge is 0.221 e. The van der Waals surface area contributed by atoms with Crippen molar-refractivity contribution in [2.24, 2.45) is 0 Å². The summed E-state index contributed by atoms with van der Waals surface area (Å²) >= 11 is 0. The van der Waals surface area contributed by atoms with Gasteiger partial charge in [0.1, 0.15) is 11.5 Å². The lowest BCUT2D eigenvalue weighted by atomic mass is 9.32. The van der Waals surface area contributed by atoms with Crippen LogP contribution in [0.2, 0.25) is 5.82 Å². The molecule has 0 amide bonds. The maximum absolute atomic E-state index is 6.00. The molecule has 0 spiro atoms. The fraction of sp³-hybridized carbons (Fsp3) is 0.250. The SMILES string of the molecule is CCC(C)B1c2ccccc2Oc2ccccc21. The largest absolute Gasteiger partial charge is 0.458 e. The maximum Gasteiger partial charge on any atom is 0.221 e. The first kappa shape index (κ1) is 11.4. The van der Waals surface area contributed by atoms with Crippen LogP contribution in [0.3, 0.4) is 0 Å². The highest BCUT2D eigenvalue weighted by molar-refractivity contribution is 6.87. The molecule has 1 atom stereocenters. The van der Waals surface area contributed by atoms with E-state index in [-0.39, 0.29) is 0 Å². The van der Waals surface area contributed by atoms with Crippen molar-refractivity contribution in [2.45, 2.75) is 26.1 Å². The van der Waals surface area contributed by atoms with Crippen LogP contribution in [0.15, 0.2) is 48.5 Å². The van der Waals surface area contributed by atoms with Crippen molar-refractivity contribution in [3.63, 3.8) is 0 Å². The van der Waals surface area contributed by atoms with Crippen LogP contribution in [-0.2, 0) is 0 Å². The number of benzene rings is 2. The molecule has 0 bridgehead atoms. The van der Waals surface area contributed by atoms with E-state index in [4.69, 9.17) is 4.74 Å². The van der Waals surface area contributed by atoms with E-state index < -0.39 is 0 Å². The predicted octanol–water partition coefficient (Wildman–Crippen LogP) is 3.20. The van der Waals surface area contributed by atoms with Crippen molar-refractivity contribution in [3.8, 4) is 11.5 Å². The summed E-state index contributed by atoms with van der Waals surface area (Å²) in [7, 11) is 0. The second kappa shape index (κ2) is 4.53. The van der Waals surface area contributed by atoms with Crippen LogP contribution >= 0.6 is 0 Å². The van der Waals surface area contributed by atoms with Crippen LogP contribution in [0.25, 0.3) is 0 Å². The molecule has 1 unspecified atom stereocenters. The molecule has 1 aliphatic heterocycles. The highest BCUT2D eigenvalue weighted by Crippen LogP contribution is 2.28. The molecule has 2 aromatic carbocycles. The van der Waals surface area contributed by atoms with Crippen LogP contribution in [0.1, 0.15) is 20.3 Å². The second-order valence-corrected chi connectivity index (χ2v) is 5.04. The van der Waals surface area contributed by atoms with Crippen molar-refractivity contribution in [2.75, 3.05) is 0 Å². The van der Waals surface area contributed by atoms with Gasteiger partial charge in [0.2, 0.25) is 6.71 Å². The van der Waals surface area contributed by atoms with E-state index in [0.717, 1.165) is 11.5 Å². The van der Waals surface area contributed by atoms with E-state index in [9.17, 15) is 0 Å². The van der Waals surface area contributed by atoms with Crippen molar-refractivity contribution in [3.05, 3.63) is 48.5 Å². The molecule has 0 radical (unpaired) electrons. The molecule has 1 nitrogen and oxygen atoms in total. The molecule has 0 saturated carbocycles. The minimum Gasteiger partial charge on any atom is -0.458 e. The van der Waals surface area contributed by atoms with Crippen molar-refractivity contribution < 1.29 is 4.74 Å². The van der Waals surface area contributed by atoms with Gasteiger partial charge in [-0.05, 0) is 23.1 Å².